The van der Waals surface area contributed by atoms with Gasteiger partial charge >= 0.3 is 0 Å². The fourth-order valence-electron chi connectivity index (χ4n) is 154. The Morgan fingerprint density at radius 1 is 0.100 bits per heavy atom. The highest BCUT2D eigenvalue weighted by atomic mass is 16.0. The van der Waals surface area contributed by atoms with Crippen LogP contribution in [0.2, 0.25) is 0 Å². The maximum atomic E-state index is 2.15. The van der Waals surface area contributed by atoms with E-state index in [4.69, 9.17) is 0 Å². The Balaban J connectivity index is 0.568. The van der Waals surface area contributed by atoms with Gasteiger partial charge < -0.3 is 0 Å². The summed E-state index contributed by atoms with van der Waals surface area (Å²) in [7, 11) is 0. The van der Waals surface area contributed by atoms with Crippen LogP contribution < -0.4 is 0 Å². The fraction of sp³-hybridized carbons (Fsp3) is 1.00. The number of rotatable bonds is 0. The summed E-state index contributed by atoms with van der Waals surface area (Å²) in [5, 5.41) is 0. The summed E-state index contributed by atoms with van der Waals surface area (Å²) in [4.78, 5) is 0. The standard InChI is InChI=1S/C120H48/c1-2-42-41(1)43-7-17-9-3-10-20-27-33-34-29-22-13-5-15-24-31-37-39-40-38-32-25-16-6-14-23-30-36-35-28-21-12-4-11-19-26-18-8-44(42)50(18)58(26)51(19)46(11,12)53(21)60(28)67(35)68(36)62(30)55(23)48(14,16)57(25)64(32)70(38)72(40)71(39)69(37)63(31)56(24)47(13,15)54(22)61(29)66(34)65(33)59(27)52(20)45(9,10)49(17,43)77(52)75(43)73(41)74(42)76(44)81(50)82(58)78(51,53)84(60)91(67)92(68)86(62)80(55,57)88(64)94(70)96(72)95(71)93(69)87(63)79(54,56)85(61)90(66)89(65)83(59,77)97(75)98(73)99(74)100(76)104(81)101(82,84)107(91)108(92)103(86,88)110(94)112(96)111(95)109(93)102(85,87)106(90)105(89,97)113(98)114(99)115(100)116(104,107)118(108,110)120(112,115)119(111,114)117(106,109)113/h9-40H,1-8H2. The predicted molar refractivity (Wildman–Crippen MR) is 374 cm³/mol. The van der Waals surface area contributed by atoms with E-state index in [-0.39, 0.29) is 0 Å². The highest BCUT2D eigenvalue weighted by Crippen LogP contribution is 4.00. The second-order valence-electron chi connectivity index (χ2n) is 82.0. The first-order valence-corrected chi connectivity index (χ1v) is 59.7. The molecule has 0 amide bonds. The summed E-state index contributed by atoms with van der Waals surface area (Å²) in [5.74, 6) is 46.6. The largest absolute Gasteiger partial charge is 0.0458 e. The zero-order valence-corrected chi connectivity index (χ0v) is 64.1. The van der Waals surface area contributed by atoms with E-state index in [1.165, 1.54) is 346 Å². The smallest absolute Gasteiger partial charge is 0.000000209 e. The van der Waals surface area contributed by atoms with Gasteiger partial charge in [0.1, 0.15) is 0 Å². The molecule has 528 valence electrons. The summed E-state index contributed by atoms with van der Waals surface area (Å²) >= 11 is 0. The van der Waals surface area contributed by atoms with Crippen LogP contribution in [0.25, 0.3) is 0 Å². The van der Waals surface area contributed by atoms with Crippen LogP contribution in [0.5, 0.6) is 0 Å². The van der Waals surface area contributed by atoms with Crippen molar-refractivity contribution in [1.29, 1.82) is 0 Å². The first-order valence-electron chi connectivity index (χ1n) is 59.7. The molecule has 0 aromatic rings. The zero-order chi connectivity index (χ0) is 64.1. The van der Waals surface area contributed by atoms with Crippen LogP contribution in [0, 0.1) is 623 Å². The molecule has 0 N–H and O–H groups in total. The van der Waals surface area contributed by atoms with Crippen molar-refractivity contribution in [2.24, 2.45) is 417 Å². The second-order valence-corrected chi connectivity index (χ2v) is 82.0. The number of hydrogen-bond donors (Lipinski definition) is 0. The molecule has 0 radical (unpaired) electrons. The molecule has 0 nitrogen and oxygen atoms in total. The molecule has 0 bridgehead atoms. The van der Waals surface area contributed by atoms with Crippen molar-refractivity contribution in [2.45, 2.75) is 51.4 Å². The van der Waals surface area contributed by atoms with E-state index in [1.54, 1.807) is 0 Å². The van der Waals surface area contributed by atoms with Crippen LogP contribution in [0.1, 0.15) is 51.4 Å². The van der Waals surface area contributed by atoms with E-state index in [0.29, 0.717) is 0 Å². The summed E-state index contributed by atoms with van der Waals surface area (Å²) in [6.45, 7) is 0. The maximum absolute atomic E-state index is 2.15. The minimum atomic E-state index is 1.06. The second kappa shape index (κ2) is 4.86. The average molecular weight is 1490 g/mol. The molecule has 120 heavy (non-hydrogen) atoms. The number of hydrogen-bond acceptors (Lipinski definition) is 0. The molecule has 0 aromatic carbocycles. The van der Waals surface area contributed by atoms with Gasteiger partial charge in [-0.25, -0.2) is 0 Å². The average Bonchev–Trinajstić information content (AvgIpc) is 0.387. The first kappa shape index (κ1) is 36.4. The van der Waals surface area contributed by atoms with Crippen molar-refractivity contribution in [2.75, 3.05) is 0 Å². The van der Waals surface area contributed by atoms with Gasteiger partial charge in [0.15, 0.2) is 0 Å². The van der Waals surface area contributed by atoms with Crippen molar-refractivity contribution in [1.82, 2.24) is 0 Å². The topological polar surface area (TPSA) is 0 Å². The Labute approximate surface area is 669 Å². The van der Waals surface area contributed by atoms with Crippen LogP contribution >= 0.6 is 0 Å². The molecule has 97 aliphatic carbocycles. The molecule has 0 heterocycles. The summed E-state index contributed by atoms with van der Waals surface area (Å²) in [6.07, 6.45) is 16.2. The molecule has 97 fully saturated rings. The molecule has 97 rings (SSSR count). The van der Waals surface area contributed by atoms with Crippen LogP contribution in [-0.2, 0) is 0 Å². The Kier molecular flexibility index (Phi) is 1.47. The summed E-state index contributed by atoms with van der Waals surface area (Å²) < 4.78 is 0. The van der Waals surface area contributed by atoms with Gasteiger partial charge in [-0.2, -0.15) is 0 Å². The minimum Gasteiger partial charge on any atom is -0.0458 e. The van der Waals surface area contributed by atoms with E-state index >= 15 is 0 Å². The van der Waals surface area contributed by atoms with E-state index in [2.05, 4.69) is 25.7 Å². The van der Waals surface area contributed by atoms with Crippen LogP contribution in [0.15, 0.2) is 0 Å². The molecule has 80 spiro atoms. The molecule has 0 saturated heterocycles. The summed E-state index contributed by atoms with van der Waals surface area (Å²) in [5.41, 5.74) is 91.9. The van der Waals surface area contributed by atoms with Crippen molar-refractivity contribution in [3.63, 3.8) is 0 Å². The minimum absolute atomic E-state index is 1.06. The Morgan fingerprint density at radius 2 is 0.267 bits per heavy atom. The lowest BCUT2D eigenvalue weighted by atomic mass is 8.16. The lowest BCUT2D eigenvalue weighted by Crippen LogP contribution is -3.80. The van der Waals surface area contributed by atoms with Crippen molar-refractivity contribution < 1.29 is 0 Å². The van der Waals surface area contributed by atoms with Crippen LogP contribution in [-0.4, -0.2) is 0 Å². The third kappa shape index (κ3) is 0.622. The maximum Gasteiger partial charge on any atom is -0.000000209 e. The Hall–Kier alpha value is 0. The van der Waals surface area contributed by atoms with E-state index < -0.39 is 0 Å². The van der Waals surface area contributed by atoms with Gasteiger partial charge in [-0.3, -0.25) is 0 Å². The van der Waals surface area contributed by atoms with Gasteiger partial charge in [0.05, 0.1) is 0 Å². The van der Waals surface area contributed by atoms with Gasteiger partial charge in [-0.1, -0.05) is 0 Å². The van der Waals surface area contributed by atoms with E-state index in [1.807, 2.05) is 25.7 Å². The first-order chi connectivity index (χ1) is 59.7. The molecule has 97 aliphatic rings. The highest BCUT2D eigenvalue weighted by molar-refractivity contribution is 7.02. The normalized spacial score (nSPS) is 158. The quantitative estimate of drug-likeness (QED) is 0.227. The molecule has 0 aliphatic heterocycles. The third-order valence-electron chi connectivity index (χ3n) is 115. The Morgan fingerprint density at radius 3 is 0.575 bits per heavy atom. The molecule has 97 saturated carbocycles. The van der Waals surface area contributed by atoms with Crippen LogP contribution in [0.4, 0.5) is 0 Å². The van der Waals surface area contributed by atoms with Gasteiger partial charge in [0.25, 0.3) is 0 Å². The Bertz CT molecular complexity index is 9730. The molecular weight excluding hydrogens is 1440 g/mol. The predicted octanol–water partition coefficient (Wildman–Crippen LogP) is 10.1. The van der Waals surface area contributed by atoms with Crippen molar-refractivity contribution >= 4 is 0 Å². The lowest BCUT2D eigenvalue weighted by molar-refractivity contribution is -1.13. The van der Waals surface area contributed by atoms with Gasteiger partial charge in [0, 0.05) is 0 Å². The molecular formula is C120H48. The number of fused-ring (bicyclic) bond motifs is 27. The lowest BCUT2D eigenvalue weighted by Gasteiger charge is -3.86. The monoisotopic (exact) mass is 1490 g/mol. The van der Waals surface area contributed by atoms with E-state index in [9.17, 15) is 0 Å². The van der Waals surface area contributed by atoms with Gasteiger partial charge in [0.2, 0.25) is 0 Å². The molecule has 0 heteroatoms. The van der Waals surface area contributed by atoms with Crippen molar-refractivity contribution in [3.8, 4) is 0 Å². The van der Waals surface area contributed by atoms with E-state index in [0.717, 1.165) is 276 Å². The van der Waals surface area contributed by atoms with Gasteiger partial charge in [-0.05, 0) is 674 Å². The van der Waals surface area contributed by atoms with Crippen LogP contribution in [0.3, 0.4) is 0 Å². The molecule has 112 unspecified atom stereocenters. The van der Waals surface area contributed by atoms with Crippen molar-refractivity contribution in [3.05, 3.63) is 206 Å². The molecule has 112 atom stereocenters. The zero-order valence-electron chi connectivity index (χ0n) is 64.1. The summed E-state index contributed by atoms with van der Waals surface area (Å²) in [6, 6.07) is 0. The molecule has 0 aromatic heterocycles. The van der Waals surface area contributed by atoms with Gasteiger partial charge in [-0.15, -0.1) is 0 Å². The third-order valence-corrected chi connectivity index (χ3v) is 115. The highest BCUT2D eigenvalue weighted by Gasteiger charge is 3.94. The fourth-order valence-corrected chi connectivity index (χ4v) is 154. The SMILES string of the molecule is C1C2C3CC45C67CCC68C69CC%10C%11C%12C%13CC%14C%15C%16C%17C%18C%19C%20C%21CC%22C%23C%24C%25C%26C%27C%28C%29C%30C%31CC%32C%33C%34C%35C%36C%37C%38C1C21C34C23C%381C%371C%364C%35%36C%34%35C%33%34C%32%31C%30%31C%29%30C%28%29C%27%28C%26%27C%25%26C%24%25C%23%24C%21%22C%20%21C%19%20C%18%19C%17%18C%16%17C%15%16C%13%14C%12%13C%11%12C%106C6%10C9%11C89C78C52C25C13C41C%363C%354C%34%31C%307C%29%14C%28%15C%27%22C%26%23C%25%26C%21%24C%20%21C%19%20C%18%19C%17%18C%13%16C%126C%186C%10%12C%11%10C9%11C82C28C15C31C47C%143C%154C%225C%237C%21%26C%209C%196C%126C97C57C%106C%112C47C138.